The summed E-state index contributed by atoms with van der Waals surface area (Å²) in [5, 5.41) is 13.7. The first-order chi connectivity index (χ1) is 12.6. The molecule has 1 heterocycles. The van der Waals surface area contributed by atoms with Crippen LogP contribution in [-0.4, -0.2) is 9.78 Å². The Bertz CT molecular complexity index is 1040. The number of nitriles is 1. The largest absolute Gasteiger partial charge is 0.456 e. The molecule has 0 N–H and O–H groups in total. The molecule has 4 nitrogen and oxygen atoms in total. The second-order valence-corrected chi connectivity index (χ2v) is 7.71. The highest BCUT2D eigenvalue weighted by Crippen LogP contribution is 2.44. The summed E-state index contributed by atoms with van der Waals surface area (Å²) in [6.45, 7) is 0. The lowest BCUT2D eigenvalue weighted by Crippen LogP contribution is -1.97. The minimum Gasteiger partial charge on any atom is -0.456 e. The molecule has 0 saturated heterocycles. The summed E-state index contributed by atoms with van der Waals surface area (Å²) in [6, 6.07) is 12.7. The minimum atomic E-state index is -0.184. The van der Waals surface area contributed by atoms with Crippen LogP contribution in [0.2, 0.25) is 0 Å². The second-order valence-electron chi connectivity index (χ2n) is 6.21. The lowest BCUT2D eigenvalue weighted by Gasteiger charge is -2.13. The molecule has 1 aliphatic rings. The number of nitrogens with zero attached hydrogens (tertiary/aromatic N) is 3. The van der Waals surface area contributed by atoms with Crippen LogP contribution in [0.4, 0.5) is 4.39 Å². The number of aromatic nitrogens is 2. The molecule has 26 heavy (non-hydrogen) atoms. The van der Waals surface area contributed by atoms with Crippen molar-refractivity contribution in [2.45, 2.75) is 16.8 Å². The maximum Gasteiger partial charge on any atom is 0.145 e. The van der Waals surface area contributed by atoms with Crippen molar-refractivity contribution in [2.75, 3.05) is 0 Å². The van der Waals surface area contributed by atoms with E-state index in [1.807, 2.05) is 19.2 Å². The molecule has 1 aliphatic carbocycles. The summed E-state index contributed by atoms with van der Waals surface area (Å²) in [5.41, 5.74) is 3.89. The van der Waals surface area contributed by atoms with Crippen LogP contribution in [0.1, 0.15) is 27.0 Å². The van der Waals surface area contributed by atoms with Gasteiger partial charge in [0, 0.05) is 33.9 Å². The van der Waals surface area contributed by atoms with Crippen molar-refractivity contribution in [1.29, 1.82) is 5.26 Å². The molecular formula is C20H15FIN3O. The van der Waals surface area contributed by atoms with Gasteiger partial charge in [-0.15, -0.1) is 0 Å². The fourth-order valence-corrected chi connectivity index (χ4v) is 4.35. The van der Waals surface area contributed by atoms with Gasteiger partial charge >= 0.3 is 0 Å². The SMILES string of the molecule is Cn1nccc1-c1ccc(Oc2ccc(F)c3c2CC[C@H]3I)c(C#N)c1. The zero-order chi connectivity index (χ0) is 18.3. The Balaban J connectivity index is 1.72. The fourth-order valence-electron chi connectivity index (χ4n) is 3.36. The van der Waals surface area contributed by atoms with Gasteiger partial charge in [0.15, 0.2) is 0 Å². The fraction of sp³-hybridized carbons (Fsp3) is 0.200. The van der Waals surface area contributed by atoms with Gasteiger partial charge in [0.25, 0.3) is 0 Å². The Hall–Kier alpha value is -2.40. The molecule has 0 radical (unpaired) electrons. The molecule has 0 bridgehead atoms. The molecule has 0 saturated carbocycles. The van der Waals surface area contributed by atoms with Gasteiger partial charge in [-0.1, -0.05) is 22.6 Å². The van der Waals surface area contributed by atoms with Crippen molar-refractivity contribution in [3.63, 3.8) is 0 Å². The molecule has 0 amide bonds. The predicted octanol–water partition coefficient (Wildman–Crippen LogP) is 5.31. The highest BCUT2D eigenvalue weighted by atomic mass is 127. The van der Waals surface area contributed by atoms with E-state index in [0.717, 1.165) is 35.2 Å². The van der Waals surface area contributed by atoms with Crippen LogP contribution in [-0.2, 0) is 13.5 Å². The van der Waals surface area contributed by atoms with Gasteiger partial charge < -0.3 is 4.74 Å². The average molecular weight is 459 g/mol. The summed E-state index contributed by atoms with van der Waals surface area (Å²) in [6.07, 6.45) is 3.40. The summed E-state index contributed by atoms with van der Waals surface area (Å²) in [7, 11) is 1.86. The molecule has 0 aliphatic heterocycles. The van der Waals surface area contributed by atoms with Crippen LogP contribution >= 0.6 is 22.6 Å². The van der Waals surface area contributed by atoms with E-state index >= 15 is 0 Å². The van der Waals surface area contributed by atoms with E-state index in [4.69, 9.17) is 4.74 Å². The Morgan fingerprint density at radius 1 is 1.27 bits per heavy atom. The van der Waals surface area contributed by atoms with Gasteiger partial charge in [0.05, 0.1) is 11.3 Å². The topological polar surface area (TPSA) is 50.8 Å². The summed E-state index contributed by atoms with van der Waals surface area (Å²) in [5.74, 6) is 0.922. The number of halogens is 2. The highest BCUT2D eigenvalue weighted by Gasteiger charge is 2.27. The Labute approximate surface area is 164 Å². The predicted molar refractivity (Wildman–Crippen MR) is 105 cm³/mol. The van der Waals surface area contributed by atoms with Crippen LogP contribution in [0.5, 0.6) is 11.5 Å². The number of aryl methyl sites for hydroxylation is 1. The van der Waals surface area contributed by atoms with Gasteiger partial charge in [0.1, 0.15) is 23.4 Å². The first-order valence-corrected chi connectivity index (χ1v) is 9.48. The standard InChI is InChI=1S/C20H15FIN3O/c1-25-17(8-9-24-25)12-2-6-18(13(10-12)11-23)26-19-7-4-15(21)20-14(19)3-5-16(20)22/h2,4,6-10,16H,3,5H2,1H3/t16-/m1/s1. The zero-order valence-corrected chi connectivity index (χ0v) is 16.2. The van der Waals surface area contributed by atoms with Crippen LogP contribution in [0.15, 0.2) is 42.6 Å². The lowest BCUT2D eigenvalue weighted by molar-refractivity contribution is 0.473. The lowest BCUT2D eigenvalue weighted by atomic mass is 10.1. The second kappa shape index (κ2) is 6.72. The van der Waals surface area contributed by atoms with Gasteiger partial charge in [-0.25, -0.2) is 4.39 Å². The molecule has 0 spiro atoms. The third-order valence-electron chi connectivity index (χ3n) is 4.66. The third kappa shape index (κ3) is 2.86. The Morgan fingerprint density at radius 3 is 2.81 bits per heavy atom. The average Bonchev–Trinajstić information content (AvgIpc) is 3.24. The van der Waals surface area contributed by atoms with E-state index in [1.54, 1.807) is 29.1 Å². The van der Waals surface area contributed by atoms with Crippen molar-refractivity contribution < 1.29 is 9.13 Å². The smallest absolute Gasteiger partial charge is 0.145 e. The van der Waals surface area contributed by atoms with Crippen molar-refractivity contribution in [2.24, 2.45) is 7.05 Å². The molecule has 6 heteroatoms. The van der Waals surface area contributed by atoms with E-state index < -0.39 is 0 Å². The van der Waals surface area contributed by atoms with E-state index in [1.165, 1.54) is 6.07 Å². The summed E-state index contributed by atoms with van der Waals surface area (Å²) < 4.78 is 22.1. The van der Waals surface area contributed by atoms with Gasteiger partial charge in [0.2, 0.25) is 0 Å². The molecule has 1 atom stereocenters. The third-order valence-corrected chi connectivity index (χ3v) is 5.90. The van der Waals surface area contributed by atoms with Crippen molar-refractivity contribution in [3.8, 4) is 28.8 Å². The Kier molecular flexibility index (Phi) is 4.41. The first-order valence-electron chi connectivity index (χ1n) is 8.24. The van der Waals surface area contributed by atoms with E-state index in [-0.39, 0.29) is 9.74 Å². The Morgan fingerprint density at radius 2 is 2.08 bits per heavy atom. The van der Waals surface area contributed by atoms with Crippen molar-refractivity contribution in [1.82, 2.24) is 9.78 Å². The molecular weight excluding hydrogens is 444 g/mol. The molecule has 130 valence electrons. The van der Waals surface area contributed by atoms with Crippen molar-refractivity contribution >= 4 is 22.6 Å². The van der Waals surface area contributed by atoms with Crippen LogP contribution < -0.4 is 4.74 Å². The first kappa shape index (κ1) is 17.0. The van der Waals surface area contributed by atoms with Gasteiger partial charge in [-0.2, -0.15) is 10.4 Å². The van der Waals surface area contributed by atoms with Gasteiger partial charge in [-0.05, 0) is 49.2 Å². The quantitative estimate of drug-likeness (QED) is 0.394. The van der Waals surface area contributed by atoms with Crippen LogP contribution in [0, 0.1) is 17.1 Å². The normalized spacial score (nSPS) is 15.5. The van der Waals surface area contributed by atoms with Crippen LogP contribution in [0.25, 0.3) is 11.3 Å². The number of hydrogen-bond acceptors (Lipinski definition) is 3. The molecule has 3 aromatic rings. The minimum absolute atomic E-state index is 0.161. The van der Waals surface area contributed by atoms with Crippen molar-refractivity contribution in [3.05, 3.63) is 65.1 Å². The summed E-state index contributed by atoms with van der Waals surface area (Å²) in [4.78, 5) is 0. The molecule has 0 unspecified atom stereocenters. The molecule has 1 aromatic heterocycles. The monoisotopic (exact) mass is 459 g/mol. The number of rotatable bonds is 3. The number of benzene rings is 2. The van der Waals surface area contributed by atoms with Crippen LogP contribution in [0.3, 0.4) is 0 Å². The maximum absolute atomic E-state index is 14.1. The maximum atomic E-state index is 14.1. The molecule has 4 rings (SSSR count). The number of hydrogen-bond donors (Lipinski definition) is 0. The van der Waals surface area contributed by atoms with Gasteiger partial charge in [-0.3, -0.25) is 4.68 Å². The summed E-state index contributed by atoms with van der Waals surface area (Å²) >= 11 is 2.27. The number of alkyl halides is 1. The van der Waals surface area contributed by atoms with E-state index in [9.17, 15) is 9.65 Å². The van der Waals surface area contributed by atoms with E-state index in [0.29, 0.717) is 17.1 Å². The molecule has 0 fully saturated rings. The zero-order valence-electron chi connectivity index (χ0n) is 14.0. The molecule has 2 aromatic carbocycles. The highest BCUT2D eigenvalue weighted by molar-refractivity contribution is 14.1. The number of fused-ring (bicyclic) bond motifs is 1. The van der Waals surface area contributed by atoms with E-state index in [2.05, 4.69) is 33.8 Å². The number of ether oxygens (including phenoxy) is 1.